The Balaban J connectivity index is 1.94. The van der Waals surface area contributed by atoms with Crippen LogP contribution in [0.2, 0.25) is 0 Å². The predicted molar refractivity (Wildman–Crippen MR) is 110 cm³/mol. The van der Waals surface area contributed by atoms with Crippen LogP contribution in [0.4, 0.5) is 18.9 Å². The maximum Gasteiger partial charge on any atom is 0.416 e. The zero-order valence-electron chi connectivity index (χ0n) is 17.7. The number of nitrogens with zero attached hydrogens (tertiary/aromatic N) is 1. The van der Waals surface area contributed by atoms with Gasteiger partial charge in [-0.3, -0.25) is 9.52 Å². The van der Waals surface area contributed by atoms with Crippen molar-refractivity contribution in [1.82, 2.24) is 5.32 Å². The first-order valence-electron chi connectivity index (χ1n) is 10.1. The SMILES string of the molecule is CC(C)(C)S(=O)(=O)Nc1ccc(C(F)(F)F)cc1C(=O)NC12CCC(C#N)(CC1)CC2. The van der Waals surface area contributed by atoms with E-state index >= 15 is 0 Å². The molecule has 1 amide bonds. The molecule has 3 aliphatic carbocycles. The van der Waals surface area contributed by atoms with E-state index in [1.165, 1.54) is 20.8 Å². The van der Waals surface area contributed by atoms with Crippen molar-refractivity contribution < 1.29 is 26.4 Å². The van der Waals surface area contributed by atoms with Crippen molar-refractivity contribution in [3.63, 3.8) is 0 Å². The number of nitriles is 1. The highest BCUT2D eigenvalue weighted by molar-refractivity contribution is 7.94. The van der Waals surface area contributed by atoms with Crippen LogP contribution in [-0.4, -0.2) is 24.6 Å². The fraction of sp³-hybridized carbons (Fsp3) is 0.619. The summed E-state index contributed by atoms with van der Waals surface area (Å²) >= 11 is 0. The minimum absolute atomic E-state index is 0.199. The van der Waals surface area contributed by atoms with Crippen LogP contribution in [0.15, 0.2) is 18.2 Å². The van der Waals surface area contributed by atoms with Crippen molar-refractivity contribution in [3.8, 4) is 6.07 Å². The number of benzene rings is 1. The molecule has 0 aliphatic heterocycles. The van der Waals surface area contributed by atoms with E-state index in [0.717, 1.165) is 12.1 Å². The molecule has 0 unspecified atom stereocenters. The number of hydrogen-bond acceptors (Lipinski definition) is 4. The summed E-state index contributed by atoms with van der Waals surface area (Å²) in [5, 5.41) is 12.3. The summed E-state index contributed by atoms with van der Waals surface area (Å²) in [6.07, 6.45) is -1.13. The van der Waals surface area contributed by atoms with Gasteiger partial charge in [-0.05, 0) is 77.5 Å². The molecule has 1 aromatic rings. The van der Waals surface area contributed by atoms with Gasteiger partial charge in [0.1, 0.15) is 0 Å². The summed E-state index contributed by atoms with van der Waals surface area (Å²) in [4.78, 5) is 13.1. The molecule has 170 valence electrons. The van der Waals surface area contributed by atoms with Gasteiger partial charge < -0.3 is 5.32 Å². The Labute approximate surface area is 180 Å². The highest BCUT2D eigenvalue weighted by Gasteiger charge is 2.49. The molecule has 3 fully saturated rings. The van der Waals surface area contributed by atoms with E-state index in [2.05, 4.69) is 16.1 Å². The maximum absolute atomic E-state index is 13.3. The van der Waals surface area contributed by atoms with Crippen molar-refractivity contribution in [2.45, 2.75) is 75.8 Å². The first-order valence-corrected chi connectivity index (χ1v) is 11.6. The van der Waals surface area contributed by atoms with Crippen LogP contribution in [-0.2, 0) is 16.2 Å². The van der Waals surface area contributed by atoms with Gasteiger partial charge in [0, 0.05) is 5.54 Å². The molecule has 0 radical (unpaired) electrons. The lowest BCUT2D eigenvalue weighted by Crippen LogP contribution is -2.56. The number of rotatable bonds is 4. The molecule has 2 N–H and O–H groups in total. The standard InChI is InChI=1S/C21H26F3N3O3S/c1-18(2,3)31(29,30)27-16-5-4-14(21(22,23)24)12-15(16)17(28)26-20-9-6-19(13-25,7-10-20)8-11-20/h4-5,12,27H,6-11H2,1-3H3,(H,26,28). The maximum atomic E-state index is 13.3. The average molecular weight is 458 g/mol. The van der Waals surface area contributed by atoms with Crippen molar-refractivity contribution in [1.29, 1.82) is 5.26 Å². The highest BCUT2D eigenvalue weighted by atomic mass is 32.2. The predicted octanol–water partition coefficient (Wildman–Crippen LogP) is 4.59. The Morgan fingerprint density at radius 3 is 2.06 bits per heavy atom. The molecule has 2 bridgehead atoms. The second kappa shape index (κ2) is 7.40. The van der Waals surface area contributed by atoms with Crippen molar-refractivity contribution in [2.24, 2.45) is 5.41 Å². The lowest BCUT2D eigenvalue weighted by atomic mass is 9.58. The van der Waals surface area contributed by atoms with Crippen molar-refractivity contribution in [2.75, 3.05) is 4.72 Å². The summed E-state index contributed by atoms with van der Waals surface area (Å²) in [5.41, 5.74) is -2.58. The molecule has 0 saturated heterocycles. The number of amides is 1. The van der Waals surface area contributed by atoms with Gasteiger partial charge in [-0.1, -0.05) is 0 Å². The van der Waals surface area contributed by atoms with Crippen LogP contribution >= 0.6 is 0 Å². The summed E-state index contributed by atoms with van der Waals surface area (Å²) in [5.74, 6) is -0.760. The third-order valence-corrected chi connectivity index (χ3v) is 8.61. The second-order valence-corrected chi connectivity index (χ2v) is 12.0. The number of nitrogens with one attached hydrogen (secondary N) is 2. The zero-order valence-corrected chi connectivity index (χ0v) is 18.5. The molecule has 0 aromatic heterocycles. The first-order chi connectivity index (χ1) is 14.1. The Morgan fingerprint density at radius 2 is 1.61 bits per heavy atom. The topological polar surface area (TPSA) is 99.1 Å². The summed E-state index contributed by atoms with van der Waals surface area (Å²) in [6, 6.07) is 4.77. The fourth-order valence-electron chi connectivity index (χ4n) is 4.14. The van der Waals surface area contributed by atoms with Crippen molar-refractivity contribution in [3.05, 3.63) is 29.3 Å². The minimum atomic E-state index is -4.68. The van der Waals surface area contributed by atoms with E-state index in [0.29, 0.717) is 44.6 Å². The number of carbonyl (C=O) groups is 1. The fourth-order valence-corrected chi connectivity index (χ4v) is 4.92. The molecular formula is C21H26F3N3O3S. The molecule has 31 heavy (non-hydrogen) atoms. The average Bonchev–Trinajstić information content (AvgIpc) is 2.67. The van der Waals surface area contributed by atoms with Gasteiger partial charge in [0.25, 0.3) is 5.91 Å². The van der Waals surface area contributed by atoms with E-state index in [1.807, 2.05) is 0 Å². The van der Waals surface area contributed by atoms with Gasteiger partial charge in [0.2, 0.25) is 10.0 Å². The Hall–Kier alpha value is -2.28. The first kappa shape index (κ1) is 23.4. The van der Waals surface area contributed by atoms with Gasteiger partial charge in [-0.25, -0.2) is 8.42 Å². The van der Waals surface area contributed by atoms with Crippen molar-refractivity contribution >= 4 is 21.6 Å². The van der Waals surface area contributed by atoms with Crippen LogP contribution in [0.5, 0.6) is 0 Å². The summed E-state index contributed by atoms with van der Waals surface area (Å²) < 4.78 is 66.0. The number of carbonyl (C=O) groups excluding carboxylic acids is 1. The third kappa shape index (κ3) is 4.52. The van der Waals surface area contributed by atoms with E-state index in [-0.39, 0.29) is 16.7 Å². The number of anilines is 1. The molecule has 4 rings (SSSR count). The lowest BCUT2D eigenvalue weighted by molar-refractivity contribution is -0.137. The van der Waals surface area contributed by atoms with Crippen LogP contribution in [0.1, 0.15) is 75.2 Å². The molecular weight excluding hydrogens is 431 g/mol. The van der Waals surface area contributed by atoms with Gasteiger partial charge in [-0.2, -0.15) is 18.4 Å². The third-order valence-electron chi connectivity index (χ3n) is 6.50. The molecule has 6 nitrogen and oxygen atoms in total. The monoisotopic (exact) mass is 457 g/mol. The quantitative estimate of drug-likeness (QED) is 0.691. The lowest BCUT2D eigenvalue weighted by Gasteiger charge is -2.50. The van der Waals surface area contributed by atoms with E-state index in [4.69, 9.17) is 0 Å². The summed E-state index contributed by atoms with van der Waals surface area (Å²) in [7, 11) is -3.96. The van der Waals surface area contributed by atoms with Crippen LogP contribution < -0.4 is 10.0 Å². The van der Waals surface area contributed by atoms with Crippen LogP contribution in [0, 0.1) is 16.7 Å². The van der Waals surface area contributed by atoms with E-state index < -0.39 is 38.0 Å². The zero-order chi connectivity index (χ0) is 23.3. The van der Waals surface area contributed by atoms with Gasteiger partial charge in [0.15, 0.2) is 0 Å². The number of halogens is 3. The van der Waals surface area contributed by atoms with Crippen LogP contribution in [0.3, 0.4) is 0 Å². The largest absolute Gasteiger partial charge is 0.416 e. The minimum Gasteiger partial charge on any atom is -0.347 e. The Kier molecular flexibility index (Phi) is 5.58. The van der Waals surface area contributed by atoms with Gasteiger partial charge in [0.05, 0.1) is 33.0 Å². The number of alkyl halides is 3. The Bertz CT molecular complexity index is 1010. The molecule has 0 atom stereocenters. The highest BCUT2D eigenvalue weighted by Crippen LogP contribution is 2.52. The number of hydrogen-bond donors (Lipinski definition) is 2. The molecule has 3 saturated carbocycles. The van der Waals surface area contributed by atoms with E-state index in [9.17, 15) is 31.6 Å². The molecule has 3 aliphatic rings. The van der Waals surface area contributed by atoms with Gasteiger partial charge >= 0.3 is 6.18 Å². The number of fused-ring (bicyclic) bond motifs is 3. The summed E-state index contributed by atoms with van der Waals surface area (Å²) in [6.45, 7) is 4.34. The van der Waals surface area contributed by atoms with Crippen LogP contribution in [0.25, 0.3) is 0 Å². The smallest absolute Gasteiger partial charge is 0.347 e. The van der Waals surface area contributed by atoms with E-state index in [1.54, 1.807) is 0 Å². The van der Waals surface area contributed by atoms with Gasteiger partial charge in [-0.15, -0.1) is 0 Å². The second-order valence-electron chi connectivity index (χ2n) is 9.60. The number of sulfonamides is 1. The molecule has 10 heteroatoms. The molecule has 0 heterocycles. The Morgan fingerprint density at radius 1 is 1.06 bits per heavy atom. The molecule has 0 spiro atoms. The molecule has 1 aromatic carbocycles. The normalized spacial score (nSPS) is 26.2.